The predicted molar refractivity (Wildman–Crippen MR) is 69.8 cm³/mol. The second kappa shape index (κ2) is 9.44. The van der Waals surface area contributed by atoms with E-state index in [1.54, 1.807) is 0 Å². The van der Waals surface area contributed by atoms with Crippen LogP contribution in [0.3, 0.4) is 0 Å². The van der Waals surface area contributed by atoms with Crippen molar-refractivity contribution in [2.75, 3.05) is 26.3 Å². The summed E-state index contributed by atoms with van der Waals surface area (Å²) in [5, 5.41) is 9.19. The van der Waals surface area contributed by atoms with Crippen LogP contribution < -0.4 is 0 Å². The molecule has 0 spiro atoms. The lowest BCUT2D eigenvalue weighted by atomic mass is 10.1. The van der Waals surface area contributed by atoms with Gasteiger partial charge in [-0.15, -0.1) is 0 Å². The fourth-order valence-electron chi connectivity index (χ4n) is 2.34. The zero-order valence-corrected chi connectivity index (χ0v) is 11.2. The van der Waals surface area contributed by atoms with E-state index in [4.69, 9.17) is 4.74 Å². The van der Waals surface area contributed by atoms with Crippen LogP contribution in [0.25, 0.3) is 0 Å². The molecule has 1 saturated heterocycles. The van der Waals surface area contributed by atoms with Crippen molar-refractivity contribution in [3.05, 3.63) is 0 Å². The van der Waals surface area contributed by atoms with Crippen molar-refractivity contribution in [2.45, 2.75) is 57.9 Å². The number of unbranched alkanes of at least 4 members (excludes halogenated alkanes) is 5. The van der Waals surface area contributed by atoms with Gasteiger partial charge in [0.2, 0.25) is 0 Å². The van der Waals surface area contributed by atoms with Crippen molar-refractivity contribution in [2.24, 2.45) is 0 Å². The Morgan fingerprint density at radius 2 is 1.76 bits per heavy atom. The van der Waals surface area contributed by atoms with Crippen molar-refractivity contribution in [3.8, 4) is 6.07 Å². The highest BCUT2D eigenvalue weighted by molar-refractivity contribution is 4.92. The average molecular weight is 238 g/mol. The third-order valence-corrected chi connectivity index (χ3v) is 3.47. The molecule has 3 nitrogen and oxygen atoms in total. The highest BCUT2D eigenvalue weighted by Crippen LogP contribution is 2.13. The maximum Gasteiger partial charge on any atom is 0.0979 e. The Labute approximate surface area is 106 Å². The minimum atomic E-state index is 0.116. The van der Waals surface area contributed by atoms with Crippen molar-refractivity contribution < 1.29 is 4.74 Å². The summed E-state index contributed by atoms with van der Waals surface area (Å²) in [5.41, 5.74) is 0. The Morgan fingerprint density at radius 3 is 2.41 bits per heavy atom. The first-order valence-corrected chi connectivity index (χ1v) is 7.10. The highest BCUT2D eigenvalue weighted by atomic mass is 16.5. The van der Waals surface area contributed by atoms with Crippen LogP contribution >= 0.6 is 0 Å². The zero-order chi connectivity index (χ0) is 12.3. The monoisotopic (exact) mass is 238 g/mol. The van der Waals surface area contributed by atoms with E-state index in [1.165, 1.54) is 38.5 Å². The van der Waals surface area contributed by atoms with Gasteiger partial charge in [0.15, 0.2) is 0 Å². The van der Waals surface area contributed by atoms with Crippen LogP contribution in [-0.2, 0) is 4.74 Å². The van der Waals surface area contributed by atoms with Gasteiger partial charge >= 0.3 is 0 Å². The minimum absolute atomic E-state index is 0.116. The van der Waals surface area contributed by atoms with Crippen LogP contribution in [0.15, 0.2) is 0 Å². The first-order valence-electron chi connectivity index (χ1n) is 7.10. The smallest absolute Gasteiger partial charge is 0.0979 e. The third-order valence-electron chi connectivity index (χ3n) is 3.47. The summed E-state index contributed by atoms with van der Waals surface area (Å²) in [6.07, 6.45) is 8.84. The van der Waals surface area contributed by atoms with Crippen LogP contribution in [0.4, 0.5) is 0 Å². The molecule has 1 fully saturated rings. The van der Waals surface area contributed by atoms with Crippen LogP contribution in [-0.4, -0.2) is 37.2 Å². The van der Waals surface area contributed by atoms with Gasteiger partial charge in [-0.1, -0.05) is 45.4 Å². The lowest BCUT2D eigenvalue weighted by Gasteiger charge is -2.30. The molecule has 3 heteroatoms. The van der Waals surface area contributed by atoms with E-state index in [0.29, 0.717) is 0 Å². The van der Waals surface area contributed by atoms with E-state index in [-0.39, 0.29) is 6.04 Å². The SMILES string of the molecule is CCCCCCCCC(C#N)N1CCOCC1. The van der Waals surface area contributed by atoms with Gasteiger partial charge < -0.3 is 4.74 Å². The molecule has 0 N–H and O–H groups in total. The van der Waals surface area contributed by atoms with E-state index >= 15 is 0 Å². The number of morpholine rings is 1. The van der Waals surface area contributed by atoms with E-state index in [1.807, 2.05) is 0 Å². The maximum atomic E-state index is 9.19. The molecule has 0 saturated carbocycles. The molecule has 1 rings (SSSR count). The number of hydrogen-bond acceptors (Lipinski definition) is 3. The molecule has 0 radical (unpaired) electrons. The normalized spacial score (nSPS) is 18.8. The van der Waals surface area contributed by atoms with Crippen molar-refractivity contribution in [1.29, 1.82) is 5.26 Å². The first kappa shape index (κ1) is 14.5. The van der Waals surface area contributed by atoms with Crippen LogP contribution in [0.2, 0.25) is 0 Å². The molecular formula is C14H26N2O. The molecule has 1 aliphatic rings. The zero-order valence-electron chi connectivity index (χ0n) is 11.2. The molecule has 1 heterocycles. The summed E-state index contributed by atoms with van der Waals surface area (Å²) in [6.45, 7) is 5.66. The fourth-order valence-corrected chi connectivity index (χ4v) is 2.34. The molecule has 0 aromatic heterocycles. The van der Waals surface area contributed by atoms with Crippen molar-refractivity contribution >= 4 is 0 Å². The molecule has 0 bridgehead atoms. The van der Waals surface area contributed by atoms with Crippen LogP contribution in [0, 0.1) is 11.3 Å². The Kier molecular flexibility index (Phi) is 8.04. The Balaban J connectivity index is 2.08. The molecule has 0 aromatic carbocycles. The molecule has 1 aliphatic heterocycles. The Hall–Kier alpha value is -0.590. The summed E-state index contributed by atoms with van der Waals surface area (Å²) in [7, 11) is 0. The standard InChI is InChI=1S/C14H26N2O/c1-2-3-4-5-6-7-8-14(13-15)16-9-11-17-12-10-16/h14H,2-12H2,1H3. The third kappa shape index (κ3) is 6.05. The van der Waals surface area contributed by atoms with Gasteiger partial charge in [0, 0.05) is 13.1 Å². The molecule has 17 heavy (non-hydrogen) atoms. The fraction of sp³-hybridized carbons (Fsp3) is 0.929. The number of rotatable bonds is 8. The predicted octanol–water partition coefficient (Wildman–Crippen LogP) is 2.96. The van der Waals surface area contributed by atoms with E-state index < -0.39 is 0 Å². The summed E-state index contributed by atoms with van der Waals surface area (Å²) in [5.74, 6) is 0. The summed E-state index contributed by atoms with van der Waals surface area (Å²) < 4.78 is 5.31. The summed E-state index contributed by atoms with van der Waals surface area (Å²) in [4.78, 5) is 2.27. The molecule has 1 unspecified atom stereocenters. The molecule has 0 aromatic rings. The largest absolute Gasteiger partial charge is 0.379 e. The van der Waals surface area contributed by atoms with Gasteiger partial charge in [-0.3, -0.25) is 4.90 Å². The summed E-state index contributed by atoms with van der Waals surface area (Å²) in [6, 6.07) is 2.56. The Bertz CT molecular complexity index is 219. The first-order chi connectivity index (χ1) is 8.38. The highest BCUT2D eigenvalue weighted by Gasteiger charge is 2.19. The van der Waals surface area contributed by atoms with Gasteiger partial charge in [0.25, 0.3) is 0 Å². The lowest BCUT2D eigenvalue weighted by Crippen LogP contribution is -2.42. The molecule has 0 amide bonds. The number of hydrogen-bond donors (Lipinski definition) is 0. The number of nitriles is 1. The molecular weight excluding hydrogens is 212 g/mol. The quantitative estimate of drug-likeness (QED) is 0.610. The topological polar surface area (TPSA) is 36.3 Å². The van der Waals surface area contributed by atoms with Gasteiger partial charge in [-0.05, 0) is 6.42 Å². The number of ether oxygens (including phenoxy) is 1. The van der Waals surface area contributed by atoms with E-state index in [9.17, 15) is 5.26 Å². The van der Waals surface area contributed by atoms with Gasteiger partial charge in [-0.25, -0.2) is 0 Å². The van der Waals surface area contributed by atoms with Crippen molar-refractivity contribution in [1.82, 2.24) is 4.90 Å². The van der Waals surface area contributed by atoms with Crippen molar-refractivity contribution in [3.63, 3.8) is 0 Å². The van der Waals surface area contributed by atoms with Crippen LogP contribution in [0.5, 0.6) is 0 Å². The van der Waals surface area contributed by atoms with Crippen LogP contribution in [0.1, 0.15) is 51.9 Å². The second-order valence-electron chi connectivity index (χ2n) is 4.85. The Morgan fingerprint density at radius 1 is 1.12 bits per heavy atom. The summed E-state index contributed by atoms with van der Waals surface area (Å²) >= 11 is 0. The maximum absolute atomic E-state index is 9.19. The minimum Gasteiger partial charge on any atom is -0.379 e. The van der Waals surface area contributed by atoms with Gasteiger partial charge in [0.05, 0.1) is 25.3 Å². The second-order valence-corrected chi connectivity index (χ2v) is 4.85. The molecule has 0 aliphatic carbocycles. The van der Waals surface area contributed by atoms with Gasteiger partial charge in [0.1, 0.15) is 0 Å². The van der Waals surface area contributed by atoms with E-state index in [2.05, 4.69) is 17.9 Å². The van der Waals surface area contributed by atoms with E-state index in [0.717, 1.165) is 32.7 Å². The van der Waals surface area contributed by atoms with Gasteiger partial charge in [-0.2, -0.15) is 5.26 Å². The molecule has 1 atom stereocenters. The average Bonchev–Trinajstić information content (AvgIpc) is 2.39. The number of nitrogens with zero attached hydrogens (tertiary/aromatic N) is 2. The molecule has 98 valence electrons. The lowest BCUT2D eigenvalue weighted by molar-refractivity contribution is 0.0251.